The molecule has 120 valence electrons. The Balaban J connectivity index is 2.95. The Morgan fingerprint density at radius 2 is 1.77 bits per heavy atom. The number of anilines is 1. The third kappa shape index (κ3) is 5.60. The Morgan fingerprint density at radius 3 is 2.27 bits per heavy atom. The second-order valence-corrected chi connectivity index (χ2v) is 5.73. The van der Waals surface area contributed by atoms with Crippen molar-refractivity contribution in [2.45, 2.75) is 33.3 Å². The molecule has 1 amide bonds. The molecule has 1 rings (SSSR count). The van der Waals surface area contributed by atoms with Gasteiger partial charge in [0.25, 0.3) is 0 Å². The first-order valence-corrected chi connectivity index (χ1v) is 7.15. The fraction of sp³-hybridized carbons (Fsp3) is 0.412. The predicted molar refractivity (Wildman–Crippen MR) is 85.8 cm³/mol. The SMILES string of the molecule is C=C(CN(C(=O)OC(C)(C)C)c1ccccc1)C(=O)OCC. The molecule has 0 fully saturated rings. The number of carbonyl (C=O) groups excluding carboxylic acids is 2. The second kappa shape index (κ2) is 7.64. The number of hydrogen-bond donors (Lipinski definition) is 0. The molecule has 0 radical (unpaired) electrons. The van der Waals surface area contributed by atoms with E-state index >= 15 is 0 Å². The van der Waals surface area contributed by atoms with E-state index in [1.165, 1.54) is 4.90 Å². The average Bonchev–Trinajstić information content (AvgIpc) is 2.43. The summed E-state index contributed by atoms with van der Waals surface area (Å²) in [5, 5.41) is 0. The molecular weight excluding hydrogens is 282 g/mol. The van der Waals surface area contributed by atoms with Crippen LogP contribution < -0.4 is 4.90 Å². The van der Waals surface area contributed by atoms with Crippen LogP contribution in [0.1, 0.15) is 27.7 Å². The predicted octanol–water partition coefficient (Wildman–Crippen LogP) is 3.55. The standard InChI is InChI=1S/C17H23NO4/c1-6-21-15(19)13(2)12-18(14-10-8-7-9-11-14)16(20)22-17(3,4)5/h7-11H,2,6,12H2,1,3-5H3. The smallest absolute Gasteiger partial charge is 0.415 e. The third-order valence-electron chi connectivity index (χ3n) is 2.59. The van der Waals surface area contributed by atoms with E-state index in [1.807, 2.05) is 6.07 Å². The highest BCUT2D eigenvalue weighted by molar-refractivity contribution is 5.94. The van der Waals surface area contributed by atoms with Crippen LogP contribution in [0.15, 0.2) is 42.5 Å². The van der Waals surface area contributed by atoms with Gasteiger partial charge in [-0.05, 0) is 39.8 Å². The summed E-state index contributed by atoms with van der Waals surface area (Å²) in [5.74, 6) is -0.521. The normalized spacial score (nSPS) is 10.7. The van der Waals surface area contributed by atoms with Gasteiger partial charge in [0, 0.05) is 11.3 Å². The Kier molecular flexibility index (Phi) is 6.16. The summed E-state index contributed by atoms with van der Waals surface area (Å²) in [4.78, 5) is 25.5. The zero-order valence-corrected chi connectivity index (χ0v) is 13.6. The molecule has 0 saturated carbocycles. The number of carbonyl (C=O) groups is 2. The van der Waals surface area contributed by atoms with Crippen LogP contribution in [0.25, 0.3) is 0 Å². The van der Waals surface area contributed by atoms with Crippen LogP contribution in [0.4, 0.5) is 10.5 Å². The molecule has 0 saturated heterocycles. The molecule has 0 aliphatic heterocycles. The van der Waals surface area contributed by atoms with Crippen molar-refractivity contribution in [2.75, 3.05) is 18.1 Å². The largest absolute Gasteiger partial charge is 0.463 e. The molecule has 1 aromatic carbocycles. The average molecular weight is 305 g/mol. The minimum atomic E-state index is -0.630. The molecule has 5 nitrogen and oxygen atoms in total. The van der Waals surface area contributed by atoms with Crippen molar-refractivity contribution in [1.82, 2.24) is 0 Å². The maximum absolute atomic E-state index is 12.4. The molecule has 0 aromatic heterocycles. The van der Waals surface area contributed by atoms with Crippen molar-refractivity contribution in [1.29, 1.82) is 0 Å². The number of ether oxygens (including phenoxy) is 2. The number of rotatable bonds is 5. The molecule has 5 heteroatoms. The van der Waals surface area contributed by atoms with Crippen molar-refractivity contribution < 1.29 is 19.1 Å². The molecule has 0 aliphatic carbocycles. The number of benzene rings is 1. The van der Waals surface area contributed by atoms with Crippen LogP contribution in [0.2, 0.25) is 0 Å². The van der Waals surface area contributed by atoms with Gasteiger partial charge in [0.1, 0.15) is 5.60 Å². The first-order chi connectivity index (χ1) is 10.2. The van der Waals surface area contributed by atoms with Crippen molar-refractivity contribution in [2.24, 2.45) is 0 Å². The van der Waals surface area contributed by atoms with Crippen molar-refractivity contribution in [3.05, 3.63) is 42.5 Å². The van der Waals surface area contributed by atoms with E-state index in [4.69, 9.17) is 9.47 Å². The summed E-state index contributed by atoms with van der Waals surface area (Å²) in [5.41, 5.74) is 0.189. The van der Waals surface area contributed by atoms with Crippen LogP contribution in [-0.2, 0) is 14.3 Å². The molecule has 0 bridgehead atoms. The van der Waals surface area contributed by atoms with Crippen LogP contribution >= 0.6 is 0 Å². The number of amides is 1. The van der Waals surface area contributed by atoms with E-state index in [0.717, 1.165) is 0 Å². The molecule has 0 N–H and O–H groups in total. The molecular formula is C17H23NO4. The van der Waals surface area contributed by atoms with Gasteiger partial charge < -0.3 is 9.47 Å². The molecule has 1 aromatic rings. The molecule has 0 unspecified atom stereocenters. The van der Waals surface area contributed by atoms with Crippen LogP contribution in [-0.4, -0.2) is 30.8 Å². The minimum Gasteiger partial charge on any atom is -0.463 e. The lowest BCUT2D eigenvalue weighted by Crippen LogP contribution is -2.39. The van der Waals surface area contributed by atoms with Crippen LogP contribution in [0.3, 0.4) is 0 Å². The van der Waals surface area contributed by atoms with Gasteiger partial charge >= 0.3 is 12.1 Å². The lowest BCUT2D eigenvalue weighted by atomic mass is 10.2. The van der Waals surface area contributed by atoms with Crippen LogP contribution in [0, 0.1) is 0 Å². The van der Waals surface area contributed by atoms with Gasteiger partial charge in [0.2, 0.25) is 0 Å². The lowest BCUT2D eigenvalue weighted by molar-refractivity contribution is -0.138. The van der Waals surface area contributed by atoms with Crippen molar-refractivity contribution in [3.8, 4) is 0 Å². The summed E-state index contributed by atoms with van der Waals surface area (Å²) < 4.78 is 10.3. The maximum atomic E-state index is 12.4. The highest BCUT2D eigenvalue weighted by atomic mass is 16.6. The van der Waals surface area contributed by atoms with E-state index in [-0.39, 0.29) is 18.7 Å². The molecule has 0 spiro atoms. The molecule has 0 heterocycles. The van der Waals surface area contributed by atoms with Crippen LogP contribution in [0.5, 0.6) is 0 Å². The van der Waals surface area contributed by atoms with Gasteiger partial charge in [-0.1, -0.05) is 24.8 Å². The quantitative estimate of drug-likeness (QED) is 0.616. The molecule has 0 atom stereocenters. The second-order valence-electron chi connectivity index (χ2n) is 5.73. The van der Waals surface area contributed by atoms with Crippen molar-refractivity contribution in [3.63, 3.8) is 0 Å². The van der Waals surface area contributed by atoms with E-state index in [2.05, 4.69) is 6.58 Å². The Labute approximate surface area is 131 Å². The van der Waals surface area contributed by atoms with E-state index in [9.17, 15) is 9.59 Å². The molecule has 0 aliphatic rings. The summed E-state index contributed by atoms with van der Waals surface area (Å²) in [6.45, 7) is 11.0. The Hall–Kier alpha value is -2.30. The minimum absolute atomic E-state index is 0.0117. The van der Waals surface area contributed by atoms with Crippen molar-refractivity contribution >= 4 is 17.7 Å². The van der Waals surface area contributed by atoms with Gasteiger partial charge in [-0.15, -0.1) is 0 Å². The molecule has 22 heavy (non-hydrogen) atoms. The zero-order chi connectivity index (χ0) is 16.8. The number of esters is 1. The Morgan fingerprint density at radius 1 is 1.18 bits per heavy atom. The summed E-state index contributed by atoms with van der Waals surface area (Å²) >= 11 is 0. The summed E-state index contributed by atoms with van der Waals surface area (Å²) in [6, 6.07) is 8.99. The van der Waals surface area contributed by atoms with Gasteiger partial charge in [-0.2, -0.15) is 0 Å². The Bertz CT molecular complexity index is 531. The first kappa shape index (κ1) is 17.8. The van der Waals surface area contributed by atoms with Gasteiger partial charge in [-0.25, -0.2) is 9.59 Å². The van der Waals surface area contributed by atoms with E-state index in [0.29, 0.717) is 5.69 Å². The van der Waals surface area contributed by atoms with E-state index in [1.54, 1.807) is 52.0 Å². The highest BCUT2D eigenvalue weighted by Crippen LogP contribution is 2.19. The summed E-state index contributed by atoms with van der Waals surface area (Å²) in [6.07, 6.45) is -0.538. The summed E-state index contributed by atoms with van der Waals surface area (Å²) in [7, 11) is 0. The number of nitrogens with zero attached hydrogens (tertiary/aromatic N) is 1. The first-order valence-electron chi connectivity index (χ1n) is 7.15. The number of hydrogen-bond acceptors (Lipinski definition) is 4. The van der Waals surface area contributed by atoms with Gasteiger partial charge in [0.15, 0.2) is 0 Å². The maximum Gasteiger partial charge on any atom is 0.415 e. The van der Waals surface area contributed by atoms with Gasteiger partial charge in [-0.3, -0.25) is 4.90 Å². The third-order valence-corrected chi connectivity index (χ3v) is 2.59. The highest BCUT2D eigenvalue weighted by Gasteiger charge is 2.25. The monoisotopic (exact) mass is 305 g/mol. The fourth-order valence-electron chi connectivity index (χ4n) is 1.67. The van der Waals surface area contributed by atoms with Gasteiger partial charge in [0.05, 0.1) is 13.2 Å². The van der Waals surface area contributed by atoms with E-state index < -0.39 is 17.7 Å². The number of para-hydroxylation sites is 1. The zero-order valence-electron chi connectivity index (χ0n) is 13.6. The fourth-order valence-corrected chi connectivity index (χ4v) is 1.67. The lowest BCUT2D eigenvalue weighted by Gasteiger charge is -2.27. The topological polar surface area (TPSA) is 55.8 Å².